The first-order valence-corrected chi connectivity index (χ1v) is 5.87. The van der Waals surface area contributed by atoms with Crippen LogP contribution in [0.5, 0.6) is 0 Å². The number of nitrogens with zero attached hydrogens (tertiary/aromatic N) is 2. The number of hydrogen-bond acceptors (Lipinski definition) is 5. The minimum Gasteiger partial charge on any atom is -0.383 e. The van der Waals surface area contributed by atoms with Crippen molar-refractivity contribution in [1.29, 1.82) is 0 Å². The first kappa shape index (κ1) is 9.67. The Kier molecular flexibility index (Phi) is 2.83. The number of fused-ring (bicyclic) bond motifs is 1. The van der Waals surface area contributed by atoms with Crippen molar-refractivity contribution in [2.75, 3.05) is 18.2 Å². The van der Waals surface area contributed by atoms with Gasteiger partial charge in [0.15, 0.2) is 5.16 Å². The second kappa shape index (κ2) is 4.10. The molecule has 0 aliphatic carbocycles. The predicted molar refractivity (Wildman–Crippen MR) is 58.5 cm³/mol. The van der Waals surface area contributed by atoms with Crippen molar-refractivity contribution < 1.29 is 4.39 Å². The maximum absolute atomic E-state index is 11.9. The molecule has 0 spiro atoms. The van der Waals surface area contributed by atoms with Gasteiger partial charge in [0.05, 0.1) is 12.1 Å². The summed E-state index contributed by atoms with van der Waals surface area (Å²) in [5, 5.41) is 3.34. The number of rotatable bonds is 3. The molecule has 2 rings (SSSR count). The Morgan fingerprint density at radius 2 is 2.36 bits per heavy atom. The van der Waals surface area contributed by atoms with Gasteiger partial charge in [-0.15, -0.1) is 11.3 Å². The number of nitrogens with two attached hydrogens (primary N) is 1. The molecule has 0 fully saturated rings. The van der Waals surface area contributed by atoms with Gasteiger partial charge < -0.3 is 5.73 Å². The highest BCUT2D eigenvalue weighted by atomic mass is 32.2. The summed E-state index contributed by atoms with van der Waals surface area (Å²) in [6.07, 6.45) is 0. The number of thiophene rings is 1. The van der Waals surface area contributed by atoms with Gasteiger partial charge in [0.1, 0.15) is 10.6 Å². The average molecular weight is 229 g/mol. The third kappa shape index (κ3) is 1.80. The number of aromatic nitrogens is 2. The minimum absolute atomic E-state index is 0.371. The molecule has 0 saturated carbocycles. The van der Waals surface area contributed by atoms with E-state index >= 15 is 0 Å². The van der Waals surface area contributed by atoms with Crippen molar-refractivity contribution in [1.82, 2.24) is 9.97 Å². The largest absolute Gasteiger partial charge is 0.383 e. The molecule has 2 aromatic rings. The fourth-order valence-corrected chi connectivity index (χ4v) is 2.46. The van der Waals surface area contributed by atoms with E-state index < -0.39 is 0 Å². The Balaban J connectivity index is 2.38. The van der Waals surface area contributed by atoms with E-state index in [4.69, 9.17) is 5.73 Å². The number of alkyl halides is 1. The fraction of sp³-hybridized carbons (Fsp3) is 0.250. The maximum atomic E-state index is 11.9. The number of halogens is 1. The molecule has 2 heterocycles. The Hall–Kier alpha value is -0.880. The van der Waals surface area contributed by atoms with Gasteiger partial charge in [-0.1, -0.05) is 11.8 Å². The minimum atomic E-state index is -0.379. The zero-order chi connectivity index (χ0) is 9.97. The maximum Gasteiger partial charge on any atom is 0.190 e. The van der Waals surface area contributed by atoms with Crippen LogP contribution in [0, 0.1) is 0 Å². The highest BCUT2D eigenvalue weighted by Gasteiger charge is 2.06. The van der Waals surface area contributed by atoms with Gasteiger partial charge >= 0.3 is 0 Å². The lowest BCUT2D eigenvalue weighted by molar-refractivity contribution is 0.532. The summed E-state index contributed by atoms with van der Waals surface area (Å²) in [6, 6.07) is 1.89. The van der Waals surface area contributed by atoms with Gasteiger partial charge in [-0.2, -0.15) is 0 Å². The van der Waals surface area contributed by atoms with Crippen LogP contribution < -0.4 is 5.73 Å². The van der Waals surface area contributed by atoms with Crippen molar-refractivity contribution in [2.24, 2.45) is 0 Å². The summed E-state index contributed by atoms with van der Waals surface area (Å²) < 4.78 is 11.9. The van der Waals surface area contributed by atoms with Crippen molar-refractivity contribution in [3.05, 3.63) is 11.4 Å². The van der Waals surface area contributed by atoms with Crippen LogP contribution in [0.15, 0.2) is 16.6 Å². The molecule has 3 nitrogen and oxygen atoms in total. The number of hydrogen-bond donors (Lipinski definition) is 1. The molecule has 0 bridgehead atoms. The predicted octanol–water partition coefficient (Wildman–Crippen LogP) is 2.34. The normalized spacial score (nSPS) is 10.9. The molecule has 0 radical (unpaired) electrons. The first-order valence-electron chi connectivity index (χ1n) is 4.00. The summed E-state index contributed by atoms with van der Waals surface area (Å²) >= 11 is 2.79. The monoisotopic (exact) mass is 229 g/mol. The standard InChI is InChI=1S/C8H8FN3S2/c9-2-4-14-8-11-6(10)5-1-3-13-7(5)12-8/h1,3H,2,4H2,(H2,10,11,12). The van der Waals surface area contributed by atoms with Gasteiger partial charge in [0.2, 0.25) is 0 Å². The molecule has 2 N–H and O–H groups in total. The van der Waals surface area contributed by atoms with Crippen molar-refractivity contribution in [3.8, 4) is 0 Å². The van der Waals surface area contributed by atoms with E-state index in [0.717, 1.165) is 10.2 Å². The Labute approximate surface area is 88.6 Å². The summed E-state index contributed by atoms with van der Waals surface area (Å²) in [5.41, 5.74) is 5.72. The quantitative estimate of drug-likeness (QED) is 0.648. The highest BCUT2D eigenvalue weighted by Crippen LogP contribution is 2.25. The van der Waals surface area contributed by atoms with Crippen LogP contribution in [-0.2, 0) is 0 Å². The lowest BCUT2D eigenvalue weighted by atomic mass is 10.4. The second-order valence-corrected chi connectivity index (χ2v) is 4.52. The number of thioether (sulfide) groups is 1. The lowest BCUT2D eigenvalue weighted by Gasteiger charge is -1.99. The van der Waals surface area contributed by atoms with Gasteiger partial charge in [0, 0.05) is 5.75 Å². The zero-order valence-electron chi connectivity index (χ0n) is 7.24. The lowest BCUT2D eigenvalue weighted by Crippen LogP contribution is -1.95. The summed E-state index contributed by atoms with van der Waals surface area (Å²) in [7, 11) is 0. The second-order valence-electron chi connectivity index (χ2n) is 2.57. The van der Waals surface area contributed by atoms with Gasteiger partial charge in [-0.05, 0) is 11.4 Å². The molecule has 0 atom stereocenters. The molecule has 74 valence electrons. The van der Waals surface area contributed by atoms with Crippen molar-refractivity contribution in [2.45, 2.75) is 5.16 Å². The van der Waals surface area contributed by atoms with E-state index in [1.54, 1.807) is 0 Å². The molecule has 14 heavy (non-hydrogen) atoms. The highest BCUT2D eigenvalue weighted by molar-refractivity contribution is 7.99. The average Bonchev–Trinajstić information content (AvgIpc) is 2.63. The molecule has 0 aliphatic rings. The third-order valence-corrected chi connectivity index (χ3v) is 3.25. The van der Waals surface area contributed by atoms with E-state index in [0.29, 0.717) is 16.7 Å². The Bertz CT molecular complexity index is 443. The van der Waals surface area contributed by atoms with Gasteiger partial charge in [0.25, 0.3) is 0 Å². The Morgan fingerprint density at radius 3 is 3.14 bits per heavy atom. The summed E-state index contributed by atoms with van der Waals surface area (Å²) in [6.45, 7) is -0.379. The first-order chi connectivity index (χ1) is 6.81. The molecule has 6 heteroatoms. The van der Waals surface area contributed by atoms with E-state index in [1.807, 2.05) is 11.4 Å². The van der Waals surface area contributed by atoms with Crippen molar-refractivity contribution in [3.63, 3.8) is 0 Å². The van der Waals surface area contributed by atoms with Crippen LogP contribution in [-0.4, -0.2) is 22.4 Å². The number of anilines is 1. The zero-order valence-corrected chi connectivity index (χ0v) is 8.87. The molecular formula is C8H8FN3S2. The van der Waals surface area contributed by atoms with Crippen LogP contribution in [0.1, 0.15) is 0 Å². The van der Waals surface area contributed by atoms with E-state index in [2.05, 4.69) is 9.97 Å². The van der Waals surface area contributed by atoms with Crippen LogP contribution in [0.2, 0.25) is 0 Å². The van der Waals surface area contributed by atoms with Crippen LogP contribution in [0.3, 0.4) is 0 Å². The van der Waals surface area contributed by atoms with Gasteiger partial charge in [-0.3, -0.25) is 4.39 Å². The molecule has 0 aromatic carbocycles. The summed E-state index contributed by atoms with van der Waals surface area (Å²) in [4.78, 5) is 9.20. The van der Waals surface area contributed by atoms with Crippen LogP contribution in [0.25, 0.3) is 10.2 Å². The van der Waals surface area contributed by atoms with E-state index in [9.17, 15) is 4.39 Å². The van der Waals surface area contributed by atoms with E-state index in [1.165, 1.54) is 23.1 Å². The Morgan fingerprint density at radius 1 is 1.50 bits per heavy atom. The SMILES string of the molecule is Nc1nc(SCCF)nc2sccc12. The molecule has 0 aliphatic heterocycles. The summed E-state index contributed by atoms with van der Waals surface area (Å²) in [5.74, 6) is 0.841. The topological polar surface area (TPSA) is 51.8 Å². The smallest absolute Gasteiger partial charge is 0.190 e. The van der Waals surface area contributed by atoms with E-state index in [-0.39, 0.29) is 6.67 Å². The van der Waals surface area contributed by atoms with Crippen molar-refractivity contribution >= 4 is 39.1 Å². The molecule has 0 unspecified atom stereocenters. The molecule has 0 amide bonds. The third-order valence-electron chi connectivity index (χ3n) is 1.64. The molecular weight excluding hydrogens is 221 g/mol. The number of nitrogen functional groups attached to an aromatic ring is 1. The molecule has 0 saturated heterocycles. The van der Waals surface area contributed by atoms with Crippen LogP contribution >= 0.6 is 23.1 Å². The van der Waals surface area contributed by atoms with Crippen LogP contribution in [0.4, 0.5) is 10.2 Å². The van der Waals surface area contributed by atoms with Gasteiger partial charge in [-0.25, -0.2) is 9.97 Å². The fourth-order valence-electron chi connectivity index (χ4n) is 1.05. The molecule has 2 aromatic heterocycles.